The first kappa shape index (κ1) is 15.5. The van der Waals surface area contributed by atoms with Gasteiger partial charge < -0.3 is 9.67 Å². The maximum atomic E-state index is 11.2. The number of hydrogen-bond acceptors (Lipinski definition) is 2. The number of nitrogens with zero attached hydrogens (tertiary/aromatic N) is 2. The van der Waals surface area contributed by atoms with E-state index in [-0.39, 0.29) is 0 Å². The zero-order valence-electron chi connectivity index (χ0n) is 13.3. The van der Waals surface area contributed by atoms with E-state index < -0.39 is 5.97 Å². The van der Waals surface area contributed by atoms with Crippen molar-refractivity contribution in [2.75, 3.05) is 0 Å². The first-order chi connectivity index (χ1) is 9.97. The zero-order chi connectivity index (χ0) is 15.6. The highest BCUT2D eigenvalue weighted by Gasteiger charge is 2.18. The Bertz CT molecular complexity index is 646. The van der Waals surface area contributed by atoms with Gasteiger partial charge in [-0.1, -0.05) is 27.2 Å². The van der Waals surface area contributed by atoms with Crippen LogP contribution in [0, 0.1) is 5.92 Å². The Balaban J connectivity index is 2.52. The van der Waals surface area contributed by atoms with Gasteiger partial charge in [-0.15, -0.1) is 0 Å². The fraction of sp³-hybridized carbons (Fsp3) is 0.529. The normalized spacial score (nSPS) is 14.3. The molecule has 2 unspecified atom stereocenters. The smallest absolute Gasteiger partial charge is 0.335 e. The predicted octanol–water partition coefficient (Wildman–Crippen LogP) is 4.29. The molecule has 1 N–H and O–H groups in total. The second-order valence-electron chi connectivity index (χ2n) is 5.86. The van der Waals surface area contributed by atoms with Crippen molar-refractivity contribution < 1.29 is 9.90 Å². The highest BCUT2D eigenvalue weighted by Crippen LogP contribution is 2.27. The molecule has 0 radical (unpaired) electrons. The summed E-state index contributed by atoms with van der Waals surface area (Å²) in [6, 6.07) is 5.51. The van der Waals surface area contributed by atoms with Crippen molar-refractivity contribution in [2.24, 2.45) is 5.92 Å². The number of imidazole rings is 1. The summed E-state index contributed by atoms with van der Waals surface area (Å²) in [5, 5.41) is 9.19. The van der Waals surface area contributed by atoms with Crippen LogP contribution in [0.3, 0.4) is 0 Å². The first-order valence-electron chi connectivity index (χ1n) is 7.72. The van der Waals surface area contributed by atoms with Crippen molar-refractivity contribution in [1.29, 1.82) is 0 Å². The van der Waals surface area contributed by atoms with Crippen LogP contribution >= 0.6 is 0 Å². The third-order valence-electron chi connectivity index (χ3n) is 4.21. The molecule has 0 aliphatic heterocycles. The number of aryl methyl sites for hydroxylation is 1. The summed E-state index contributed by atoms with van der Waals surface area (Å²) in [6.45, 7) is 8.74. The second-order valence-corrected chi connectivity index (χ2v) is 5.86. The molecule has 0 fully saturated rings. The first-order valence-corrected chi connectivity index (χ1v) is 7.72. The molecule has 2 rings (SSSR count). The van der Waals surface area contributed by atoms with E-state index in [9.17, 15) is 9.90 Å². The number of benzene rings is 1. The molecule has 1 aromatic heterocycles. The molecule has 0 saturated heterocycles. The lowest BCUT2D eigenvalue weighted by Crippen LogP contribution is -2.12. The molecule has 0 aliphatic rings. The summed E-state index contributed by atoms with van der Waals surface area (Å²) < 4.78 is 2.22. The van der Waals surface area contributed by atoms with Crippen molar-refractivity contribution in [3.63, 3.8) is 0 Å². The summed E-state index contributed by atoms with van der Waals surface area (Å²) in [7, 11) is 0. The van der Waals surface area contributed by atoms with E-state index in [1.807, 2.05) is 6.07 Å². The van der Waals surface area contributed by atoms with Gasteiger partial charge in [0.2, 0.25) is 0 Å². The molecule has 0 saturated carbocycles. The van der Waals surface area contributed by atoms with E-state index in [2.05, 4.69) is 37.2 Å². The number of carbonyl (C=O) groups is 1. The average molecular weight is 288 g/mol. The number of carboxylic acids is 1. The topological polar surface area (TPSA) is 55.1 Å². The maximum absolute atomic E-state index is 11.2. The lowest BCUT2D eigenvalue weighted by Gasteiger charge is -2.20. The van der Waals surface area contributed by atoms with Crippen molar-refractivity contribution in [3.05, 3.63) is 29.6 Å². The van der Waals surface area contributed by atoms with Crippen LogP contribution in [0.15, 0.2) is 18.2 Å². The minimum Gasteiger partial charge on any atom is -0.478 e. The van der Waals surface area contributed by atoms with E-state index in [1.165, 1.54) is 0 Å². The lowest BCUT2D eigenvalue weighted by molar-refractivity contribution is 0.0697. The van der Waals surface area contributed by atoms with Gasteiger partial charge in [-0.05, 0) is 37.5 Å². The number of hydrogen-bond donors (Lipinski definition) is 1. The highest BCUT2D eigenvalue weighted by molar-refractivity contribution is 5.92. The van der Waals surface area contributed by atoms with Crippen molar-refractivity contribution in [3.8, 4) is 0 Å². The highest BCUT2D eigenvalue weighted by atomic mass is 16.4. The van der Waals surface area contributed by atoms with Gasteiger partial charge in [0.1, 0.15) is 5.82 Å². The Kier molecular flexibility index (Phi) is 4.66. The van der Waals surface area contributed by atoms with Gasteiger partial charge in [0, 0.05) is 12.5 Å². The van der Waals surface area contributed by atoms with E-state index >= 15 is 0 Å². The van der Waals surface area contributed by atoms with Crippen LogP contribution in [0.5, 0.6) is 0 Å². The molecule has 2 atom stereocenters. The number of carboxylic acid groups (broad SMARTS) is 1. The van der Waals surface area contributed by atoms with Crippen LogP contribution < -0.4 is 0 Å². The molecular formula is C17H24N2O2. The summed E-state index contributed by atoms with van der Waals surface area (Å²) in [5.74, 6) is 0.783. The van der Waals surface area contributed by atoms with Crippen LogP contribution in [-0.2, 0) is 6.42 Å². The fourth-order valence-electron chi connectivity index (χ4n) is 2.87. The van der Waals surface area contributed by atoms with E-state index in [4.69, 9.17) is 0 Å². The maximum Gasteiger partial charge on any atom is 0.335 e. The van der Waals surface area contributed by atoms with Crippen LogP contribution in [-0.4, -0.2) is 20.6 Å². The van der Waals surface area contributed by atoms with Crippen LogP contribution in [0.1, 0.15) is 62.8 Å². The van der Waals surface area contributed by atoms with Gasteiger partial charge in [-0.25, -0.2) is 9.78 Å². The molecule has 2 aromatic rings. The molecule has 4 heteroatoms. The van der Waals surface area contributed by atoms with Crippen molar-refractivity contribution in [2.45, 2.75) is 53.0 Å². The van der Waals surface area contributed by atoms with Gasteiger partial charge in [-0.2, -0.15) is 0 Å². The molecule has 0 amide bonds. The Morgan fingerprint density at radius 3 is 2.62 bits per heavy atom. The summed E-state index contributed by atoms with van der Waals surface area (Å²) >= 11 is 0. The third kappa shape index (κ3) is 3.09. The standard InChI is InChI=1S/C17H24N2O2/c1-5-11(3)9-12(4)19-15-10-13(17(20)21)7-8-14(15)18-16(19)6-2/h7-8,10-12H,5-6,9H2,1-4H3,(H,20,21). The Morgan fingerprint density at radius 1 is 1.33 bits per heavy atom. The number of aromatic nitrogens is 2. The van der Waals surface area contributed by atoms with Gasteiger partial charge >= 0.3 is 5.97 Å². The molecule has 0 bridgehead atoms. The number of rotatable bonds is 6. The number of aromatic carboxylic acids is 1. The third-order valence-corrected chi connectivity index (χ3v) is 4.21. The van der Waals surface area contributed by atoms with Gasteiger partial charge in [0.05, 0.1) is 16.6 Å². The summed E-state index contributed by atoms with van der Waals surface area (Å²) in [6.07, 6.45) is 3.08. The quantitative estimate of drug-likeness (QED) is 0.862. The number of fused-ring (bicyclic) bond motifs is 1. The molecule has 4 nitrogen and oxygen atoms in total. The second kappa shape index (κ2) is 6.29. The summed E-state index contributed by atoms with van der Waals surface area (Å²) in [5.41, 5.74) is 2.14. The SMILES string of the molecule is CCc1nc2ccc(C(=O)O)cc2n1C(C)CC(C)CC. The lowest BCUT2D eigenvalue weighted by atomic mass is 10.00. The molecule has 21 heavy (non-hydrogen) atoms. The Hall–Kier alpha value is -1.84. The Labute approximate surface area is 125 Å². The van der Waals surface area contributed by atoms with Gasteiger partial charge in [-0.3, -0.25) is 0 Å². The molecule has 0 spiro atoms. The molecule has 1 heterocycles. The van der Waals surface area contributed by atoms with Gasteiger partial charge in [0.25, 0.3) is 0 Å². The van der Waals surface area contributed by atoms with Crippen molar-refractivity contribution in [1.82, 2.24) is 9.55 Å². The zero-order valence-corrected chi connectivity index (χ0v) is 13.3. The minimum atomic E-state index is -0.891. The molecule has 0 aliphatic carbocycles. The fourth-order valence-corrected chi connectivity index (χ4v) is 2.87. The van der Waals surface area contributed by atoms with Crippen molar-refractivity contribution >= 4 is 17.0 Å². The van der Waals surface area contributed by atoms with Crippen LogP contribution in [0.2, 0.25) is 0 Å². The molecular weight excluding hydrogens is 264 g/mol. The van der Waals surface area contributed by atoms with Crippen LogP contribution in [0.4, 0.5) is 0 Å². The molecule has 114 valence electrons. The summed E-state index contributed by atoms with van der Waals surface area (Å²) in [4.78, 5) is 15.9. The largest absolute Gasteiger partial charge is 0.478 e. The Morgan fingerprint density at radius 2 is 2.05 bits per heavy atom. The van der Waals surface area contributed by atoms with E-state index in [0.29, 0.717) is 17.5 Å². The average Bonchev–Trinajstić information content (AvgIpc) is 2.84. The van der Waals surface area contributed by atoms with Gasteiger partial charge in [0.15, 0.2) is 0 Å². The van der Waals surface area contributed by atoms with E-state index in [1.54, 1.807) is 12.1 Å². The van der Waals surface area contributed by atoms with Crippen LogP contribution in [0.25, 0.3) is 11.0 Å². The molecule has 1 aromatic carbocycles. The predicted molar refractivity (Wildman–Crippen MR) is 84.9 cm³/mol. The minimum absolute atomic E-state index is 0.321. The monoisotopic (exact) mass is 288 g/mol. The van der Waals surface area contributed by atoms with E-state index in [0.717, 1.165) is 36.1 Å².